The molecule has 1 aliphatic rings. The summed E-state index contributed by atoms with van der Waals surface area (Å²) in [5.74, 6) is -2.02. The first-order valence-corrected chi connectivity index (χ1v) is 6.08. The van der Waals surface area contributed by atoms with Crippen molar-refractivity contribution in [2.45, 2.75) is 19.0 Å². The Balaban J connectivity index is 2.27. The van der Waals surface area contributed by atoms with E-state index in [9.17, 15) is 14.0 Å². The van der Waals surface area contributed by atoms with E-state index in [0.717, 1.165) is 5.56 Å². The van der Waals surface area contributed by atoms with Crippen molar-refractivity contribution in [1.29, 1.82) is 0 Å². The molecule has 6 heteroatoms. The lowest BCUT2D eigenvalue weighted by molar-refractivity contribution is -0.147. The Morgan fingerprint density at radius 1 is 1.37 bits per heavy atom. The Labute approximate surface area is 110 Å². The van der Waals surface area contributed by atoms with Crippen LogP contribution in [0.4, 0.5) is 4.39 Å². The van der Waals surface area contributed by atoms with Gasteiger partial charge in [0.2, 0.25) is 0 Å². The minimum absolute atomic E-state index is 0.0833. The van der Waals surface area contributed by atoms with E-state index in [-0.39, 0.29) is 17.9 Å². The van der Waals surface area contributed by atoms with E-state index < -0.39 is 11.8 Å². The van der Waals surface area contributed by atoms with Gasteiger partial charge < -0.3 is 16.0 Å². The third-order valence-electron chi connectivity index (χ3n) is 3.23. The highest BCUT2D eigenvalue weighted by Gasteiger charge is 2.32. The van der Waals surface area contributed by atoms with Crippen LogP contribution in [0.2, 0.25) is 0 Å². The second kappa shape index (κ2) is 5.36. The van der Waals surface area contributed by atoms with Gasteiger partial charge in [-0.05, 0) is 24.6 Å². The van der Waals surface area contributed by atoms with Crippen molar-refractivity contribution >= 4 is 11.8 Å². The van der Waals surface area contributed by atoms with Gasteiger partial charge >= 0.3 is 11.8 Å². The number of nitrogens with two attached hydrogens (primary N) is 1. The molecule has 0 aromatic heterocycles. The molecule has 3 N–H and O–H groups in total. The number of hydrogen-bond donors (Lipinski definition) is 2. The van der Waals surface area contributed by atoms with Crippen LogP contribution >= 0.6 is 0 Å². The molecule has 19 heavy (non-hydrogen) atoms. The van der Waals surface area contributed by atoms with E-state index in [1.165, 1.54) is 17.0 Å². The Bertz CT molecular complexity index is 489. The number of primary amides is 1. The van der Waals surface area contributed by atoms with Gasteiger partial charge in [0.25, 0.3) is 0 Å². The fraction of sp³-hybridized carbons (Fsp3) is 0.385. The van der Waals surface area contributed by atoms with Crippen LogP contribution in [0.15, 0.2) is 24.3 Å². The molecule has 0 bridgehead atoms. The molecule has 1 aliphatic heterocycles. The fourth-order valence-corrected chi connectivity index (χ4v) is 2.26. The number of amides is 2. The highest BCUT2D eigenvalue weighted by molar-refractivity contribution is 6.34. The largest absolute Gasteiger partial charge is 0.361 e. The molecule has 0 aliphatic carbocycles. The van der Waals surface area contributed by atoms with Crippen molar-refractivity contribution in [2.24, 2.45) is 5.73 Å². The van der Waals surface area contributed by atoms with Crippen LogP contribution in [0.3, 0.4) is 0 Å². The van der Waals surface area contributed by atoms with Crippen LogP contribution < -0.4 is 11.1 Å². The first-order valence-electron chi connectivity index (χ1n) is 6.08. The summed E-state index contributed by atoms with van der Waals surface area (Å²) in [7, 11) is 0. The predicted molar refractivity (Wildman–Crippen MR) is 67.5 cm³/mol. The van der Waals surface area contributed by atoms with E-state index in [1.54, 1.807) is 12.1 Å². The van der Waals surface area contributed by atoms with Gasteiger partial charge in [-0.3, -0.25) is 9.59 Å². The monoisotopic (exact) mass is 265 g/mol. The molecular weight excluding hydrogens is 249 g/mol. The lowest BCUT2D eigenvalue weighted by Crippen LogP contribution is -2.55. The minimum atomic E-state index is -0.971. The molecule has 2 atom stereocenters. The van der Waals surface area contributed by atoms with Crippen LogP contribution in [-0.2, 0) is 9.59 Å². The maximum Gasteiger partial charge on any atom is 0.312 e. The molecule has 2 amide bonds. The zero-order valence-electron chi connectivity index (χ0n) is 10.6. The van der Waals surface area contributed by atoms with Crippen LogP contribution in [0, 0.1) is 5.82 Å². The zero-order chi connectivity index (χ0) is 14.0. The topological polar surface area (TPSA) is 75.4 Å². The average Bonchev–Trinajstić information content (AvgIpc) is 2.39. The van der Waals surface area contributed by atoms with E-state index in [2.05, 4.69) is 5.32 Å². The maximum atomic E-state index is 12.9. The molecule has 0 saturated carbocycles. The number of nitrogens with one attached hydrogen (secondary N) is 1. The third kappa shape index (κ3) is 2.90. The van der Waals surface area contributed by atoms with Crippen LogP contribution in [0.5, 0.6) is 0 Å². The number of rotatable bonds is 1. The van der Waals surface area contributed by atoms with Gasteiger partial charge in [-0.1, -0.05) is 12.1 Å². The fourth-order valence-electron chi connectivity index (χ4n) is 2.26. The van der Waals surface area contributed by atoms with Crippen molar-refractivity contribution in [1.82, 2.24) is 10.2 Å². The molecule has 5 nitrogen and oxygen atoms in total. The van der Waals surface area contributed by atoms with Crippen molar-refractivity contribution in [3.05, 3.63) is 35.6 Å². The summed E-state index contributed by atoms with van der Waals surface area (Å²) in [4.78, 5) is 24.4. The number of nitrogens with zero attached hydrogens (tertiary/aromatic N) is 1. The zero-order valence-corrected chi connectivity index (χ0v) is 10.6. The lowest BCUT2D eigenvalue weighted by atomic mass is 10.0. The SMILES string of the molecule is C[C@@H]1CN(C(=O)C(N)=O)[C@@H](c2ccc(F)cc2)CN1. The lowest BCUT2D eigenvalue weighted by Gasteiger charge is -2.38. The summed E-state index contributed by atoms with van der Waals surface area (Å²) in [6, 6.07) is 5.66. The van der Waals surface area contributed by atoms with Crippen molar-refractivity contribution < 1.29 is 14.0 Å². The van der Waals surface area contributed by atoms with Crippen molar-refractivity contribution in [3.63, 3.8) is 0 Å². The first-order chi connectivity index (χ1) is 8.99. The summed E-state index contributed by atoms with van der Waals surface area (Å²) in [5, 5.41) is 3.23. The second-order valence-electron chi connectivity index (χ2n) is 4.70. The molecule has 1 heterocycles. The van der Waals surface area contributed by atoms with E-state index >= 15 is 0 Å². The summed E-state index contributed by atoms with van der Waals surface area (Å²) in [6.45, 7) is 2.82. The quantitative estimate of drug-likeness (QED) is 0.711. The van der Waals surface area contributed by atoms with Crippen molar-refractivity contribution in [2.75, 3.05) is 13.1 Å². The summed E-state index contributed by atoms with van der Waals surface area (Å²) < 4.78 is 12.9. The van der Waals surface area contributed by atoms with Crippen LogP contribution in [0.1, 0.15) is 18.5 Å². The third-order valence-corrected chi connectivity index (χ3v) is 3.23. The Hall–Kier alpha value is -1.95. The highest BCUT2D eigenvalue weighted by atomic mass is 19.1. The molecule has 1 fully saturated rings. The minimum Gasteiger partial charge on any atom is -0.361 e. The Morgan fingerprint density at radius 2 is 2.00 bits per heavy atom. The average molecular weight is 265 g/mol. The Kier molecular flexibility index (Phi) is 3.80. The van der Waals surface area contributed by atoms with Gasteiger partial charge in [-0.2, -0.15) is 0 Å². The van der Waals surface area contributed by atoms with Crippen molar-refractivity contribution in [3.8, 4) is 0 Å². The highest BCUT2D eigenvalue weighted by Crippen LogP contribution is 2.24. The van der Waals surface area contributed by atoms with E-state index in [0.29, 0.717) is 13.1 Å². The van der Waals surface area contributed by atoms with Gasteiger partial charge in [0, 0.05) is 19.1 Å². The molecule has 0 spiro atoms. The van der Waals surface area contributed by atoms with Gasteiger partial charge in [-0.15, -0.1) is 0 Å². The standard InChI is InChI=1S/C13H16FN3O2/c1-8-7-17(13(19)12(15)18)11(6-16-8)9-2-4-10(14)5-3-9/h2-5,8,11,16H,6-7H2,1H3,(H2,15,18)/t8-,11-/m1/s1. The summed E-state index contributed by atoms with van der Waals surface area (Å²) in [6.07, 6.45) is 0. The smallest absolute Gasteiger partial charge is 0.312 e. The molecule has 1 saturated heterocycles. The maximum absolute atomic E-state index is 12.9. The molecule has 1 aromatic rings. The first kappa shape index (κ1) is 13.5. The number of piperazine rings is 1. The summed E-state index contributed by atoms with van der Waals surface area (Å²) >= 11 is 0. The van der Waals surface area contributed by atoms with E-state index in [4.69, 9.17) is 5.73 Å². The van der Waals surface area contributed by atoms with E-state index in [1.807, 2.05) is 6.92 Å². The number of carbonyl (C=O) groups excluding carboxylic acids is 2. The normalized spacial score (nSPS) is 23.2. The molecule has 2 rings (SSSR count). The number of benzene rings is 1. The van der Waals surface area contributed by atoms with Gasteiger partial charge in [-0.25, -0.2) is 4.39 Å². The van der Waals surface area contributed by atoms with Gasteiger partial charge in [0.15, 0.2) is 0 Å². The van der Waals surface area contributed by atoms with Crippen LogP contribution in [0.25, 0.3) is 0 Å². The van der Waals surface area contributed by atoms with Gasteiger partial charge in [0.05, 0.1) is 6.04 Å². The Morgan fingerprint density at radius 3 is 2.58 bits per heavy atom. The summed E-state index contributed by atoms with van der Waals surface area (Å²) in [5.41, 5.74) is 5.84. The molecule has 1 aromatic carbocycles. The molecule has 0 unspecified atom stereocenters. The molecular formula is C13H16FN3O2. The van der Waals surface area contributed by atoms with Crippen LogP contribution in [-0.4, -0.2) is 35.8 Å². The van der Waals surface area contributed by atoms with Gasteiger partial charge in [0.1, 0.15) is 5.82 Å². The number of halogens is 1. The molecule has 102 valence electrons. The predicted octanol–water partition coefficient (Wildman–Crippen LogP) is 0.172. The second-order valence-corrected chi connectivity index (χ2v) is 4.70. The number of carbonyl (C=O) groups is 2. The number of hydrogen-bond acceptors (Lipinski definition) is 3. The molecule has 0 radical (unpaired) electrons.